The Morgan fingerprint density at radius 1 is 1.50 bits per heavy atom. The molecule has 1 rings (SSSR count). The van der Waals surface area contributed by atoms with Crippen LogP contribution in [0.25, 0.3) is 0 Å². The largest absolute Gasteiger partial charge is 0.506 e. The molecule has 90 valence electrons. The molecule has 0 bridgehead atoms. The van der Waals surface area contributed by atoms with Crippen molar-refractivity contribution in [3.63, 3.8) is 0 Å². The second-order valence-electron chi connectivity index (χ2n) is 4.42. The Morgan fingerprint density at radius 2 is 2.06 bits per heavy atom. The van der Waals surface area contributed by atoms with E-state index in [0.717, 1.165) is 6.07 Å². The second kappa shape index (κ2) is 4.57. The van der Waals surface area contributed by atoms with E-state index in [2.05, 4.69) is 0 Å². The standard InChI is InChI=1S/C11H15ClFNO2/c1-11(2,5-15)10(14)6-3-4-7(13)8(12)9(6)16/h3-4,10,15-16H,5,14H2,1-2H3/t10-/m0/s1. The first-order chi connectivity index (χ1) is 7.31. The molecule has 0 radical (unpaired) electrons. The Morgan fingerprint density at radius 3 is 2.56 bits per heavy atom. The molecular weight excluding hydrogens is 233 g/mol. The van der Waals surface area contributed by atoms with E-state index < -0.39 is 17.3 Å². The van der Waals surface area contributed by atoms with Crippen LogP contribution in [0.4, 0.5) is 4.39 Å². The first kappa shape index (κ1) is 13.2. The second-order valence-corrected chi connectivity index (χ2v) is 4.80. The van der Waals surface area contributed by atoms with E-state index in [-0.39, 0.29) is 17.4 Å². The Labute approximate surface area is 98.7 Å². The van der Waals surface area contributed by atoms with Gasteiger partial charge in [0.05, 0.1) is 0 Å². The van der Waals surface area contributed by atoms with Gasteiger partial charge in [0.25, 0.3) is 0 Å². The number of aliphatic hydroxyl groups is 1. The summed E-state index contributed by atoms with van der Waals surface area (Å²) in [5.74, 6) is -1.06. The third kappa shape index (κ3) is 2.29. The van der Waals surface area contributed by atoms with Gasteiger partial charge in [-0.25, -0.2) is 4.39 Å². The van der Waals surface area contributed by atoms with Gasteiger partial charge in [-0.05, 0) is 6.07 Å². The zero-order valence-electron chi connectivity index (χ0n) is 9.17. The minimum absolute atomic E-state index is 0.150. The van der Waals surface area contributed by atoms with Gasteiger partial charge >= 0.3 is 0 Å². The Hall–Kier alpha value is -0.840. The van der Waals surface area contributed by atoms with Crippen LogP contribution in [0.2, 0.25) is 5.02 Å². The van der Waals surface area contributed by atoms with Crippen molar-refractivity contribution in [2.75, 3.05) is 6.61 Å². The molecule has 1 atom stereocenters. The molecule has 0 aliphatic rings. The lowest BCUT2D eigenvalue weighted by Gasteiger charge is -2.30. The highest BCUT2D eigenvalue weighted by molar-refractivity contribution is 6.32. The van der Waals surface area contributed by atoms with E-state index in [4.69, 9.17) is 17.3 Å². The van der Waals surface area contributed by atoms with Crippen molar-refractivity contribution < 1.29 is 14.6 Å². The van der Waals surface area contributed by atoms with E-state index in [9.17, 15) is 14.6 Å². The number of aromatic hydroxyl groups is 1. The predicted molar refractivity (Wildman–Crippen MR) is 60.9 cm³/mol. The van der Waals surface area contributed by atoms with Crippen LogP contribution in [0.1, 0.15) is 25.5 Å². The molecule has 0 aliphatic heterocycles. The summed E-state index contributed by atoms with van der Waals surface area (Å²) < 4.78 is 13.0. The maximum Gasteiger partial charge on any atom is 0.145 e. The Balaban J connectivity index is 3.20. The average molecular weight is 248 g/mol. The van der Waals surface area contributed by atoms with Crippen LogP contribution >= 0.6 is 11.6 Å². The molecule has 3 nitrogen and oxygen atoms in total. The normalized spacial score (nSPS) is 13.9. The zero-order valence-corrected chi connectivity index (χ0v) is 9.92. The molecule has 1 aromatic rings. The third-order valence-corrected chi connectivity index (χ3v) is 3.04. The third-order valence-electron chi connectivity index (χ3n) is 2.68. The van der Waals surface area contributed by atoms with Crippen LogP contribution in [0, 0.1) is 11.2 Å². The molecular formula is C11H15ClFNO2. The highest BCUT2D eigenvalue weighted by Gasteiger charge is 2.30. The quantitative estimate of drug-likeness (QED) is 0.767. The Kier molecular flexibility index (Phi) is 3.78. The van der Waals surface area contributed by atoms with Gasteiger partial charge in [0, 0.05) is 23.6 Å². The van der Waals surface area contributed by atoms with Gasteiger partial charge in [0.15, 0.2) is 0 Å². The van der Waals surface area contributed by atoms with Crippen LogP contribution in [0.5, 0.6) is 5.75 Å². The fourth-order valence-electron chi connectivity index (χ4n) is 1.33. The van der Waals surface area contributed by atoms with Crippen molar-refractivity contribution in [2.45, 2.75) is 19.9 Å². The molecule has 0 fully saturated rings. The maximum absolute atomic E-state index is 13.0. The summed E-state index contributed by atoms with van der Waals surface area (Å²) >= 11 is 5.58. The van der Waals surface area contributed by atoms with Crippen molar-refractivity contribution in [3.8, 4) is 5.75 Å². The summed E-state index contributed by atoms with van der Waals surface area (Å²) in [4.78, 5) is 0. The predicted octanol–water partition coefficient (Wildman–Crippen LogP) is 2.20. The summed E-state index contributed by atoms with van der Waals surface area (Å²) in [6.07, 6.45) is 0. The molecule has 0 amide bonds. The average Bonchev–Trinajstić information content (AvgIpc) is 2.25. The molecule has 5 heteroatoms. The molecule has 0 aromatic heterocycles. The van der Waals surface area contributed by atoms with Gasteiger partial charge in [-0.15, -0.1) is 0 Å². The summed E-state index contributed by atoms with van der Waals surface area (Å²) in [5, 5.41) is 18.5. The van der Waals surface area contributed by atoms with E-state index >= 15 is 0 Å². The van der Waals surface area contributed by atoms with Gasteiger partial charge in [-0.3, -0.25) is 0 Å². The summed E-state index contributed by atoms with van der Waals surface area (Å²) in [5.41, 5.74) is 5.60. The Bertz CT molecular complexity index is 396. The van der Waals surface area contributed by atoms with E-state index in [1.165, 1.54) is 6.07 Å². The molecule has 16 heavy (non-hydrogen) atoms. The van der Waals surface area contributed by atoms with Crippen molar-refractivity contribution in [3.05, 3.63) is 28.5 Å². The van der Waals surface area contributed by atoms with Crippen LogP contribution in [-0.2, 0) is 0 Å². The number of phenolic OH excluding ortho intramolecular Hbond substituents is 1. The number of hydrogen-bond acceptors (Lipinski definition) is 3. The van der Waals surface area contributed by atoms with Gasteiger partial charge in [-0.2, -0.15) is 0 Å². The molecule has 0 saturated heterocycles. The smallest absolute Gasteiger partial charge is 0.145 e. The monoisotopic (exact) mass is 247 g/mol. The highest BCUT2D eigenvalue weighted by Crippen LogP contribution is 2.39. The summed E-state index contributed by atoms with van der Waals surface area (Å²) in [7, 11) is 0. The number of benzene rings is 1. The van der Waals surface area contributed by atoms with Crippen LogP contribution < -0.4 is 5.73 Å². The lowest BCUT2D eigenvalue weighted by molar-refractivity contribution is 0.131. The molecule has 0 saturated carbocycles. The molecule has 0 aliphatic carbocycles. The molecule has 0 heterocycles. The minimum Gasteiger partial charge on any atom is -0.506 e. The van der Waals surface area contributed by atoms with Gasteiger partial charge in [0.2, 0.25) is 0 Å². The number of phenols is 1. The van der Waals surface area contributed by atoms with Gasteiger partial charge in [0.1, 0.15) is 16.6 Å². The highest BCUT2D eigenvalue weighted by atomic mass is 35.5. The van der Waals surface area contributed by atoms with Crippen molar-refractivity contribution >= 4 is 11.6 Å². The minimum atomic E-state index is -0.697. The SMILES string of the molecule is CC(C)(CO)[C@@H](N)c1ccc(F)c(Cl)c1O. The number of nitrogens with two attached hydrogens (primary N) is 1. The molecule has 4 N–H and O–H groups in total. The fourth-order valence-corrected chi connectivity index (χ4v) is 1.50. The van der Waals surface area contributed by atoms with Crippen LogP contribution in [-0.4, -0.2) is 16.8 Å². The maximum atomic E-state index is 13.0. The number of hydrogen-bond donors (Lipinski definition) is 3. The van der Waals surface area contributed by atoms with Crippen LogP contribution in [0.15, 0.2) is 12.1 Å². The lowest BCUT2D eigenvalue weighted by Crippen LogP contribution is -2.32. The number of rotatable bonds is 3. The first-order valence-corrected chi connectivity index (χ1v) is 5.22. The van der Waals surface area contributed by atoms with Gasteiger partial charge < -0.3 is 15.9 Å². The van der Waals surface area contributed by atoms with E-state index in [1.54, 1.807) is 13.8 Å². The number of halogens is 2. The topological polar surface area (TPSA) is 66.5 Å². The number of aliphatic hydroxyl groups excluding tert-OH is 1. The van der Waals surface area contributed by atoms with E-state index in [1.807, 2.05) is 0 Å². The fraction of sp³-hybridized carbons (Fsp3) is 0.455. The lowest BCUT2D eigenvalue weighted by atomic mass is 9.81. The van der Waals surface area contributed by atoms with Crippen molar-refractivity contribution in [1.29, 1.82) is 0 Å². The first-order valence-electron chi connectivity index (χ1n) is 4.84. The molecule has 0 unspecified atom stereocenters. The van der Waals surface area contributed by atoms with E-state index in [0.29, 0.717) is 5.56 Å². The van der Waals surface area contributed by atoms with Crippen LogP contribution in [0.3, 0.4) is 0 Å². The molecule has 1 aromatic carbocycles. The van der Waals surface area contributed by atoms with Gasteiger partial charge in [-0.1, -0.05) is 31.5 Å². The zero-order chi connectivity index (χ0) is 12.5. The van der Waals surface area contributed by atoms with Crippen molar-refractivity contribution in [1.82, 2.24) is 0 Å². The van der Waals surface area contributed by atoms with Crippen molar-refractivity contribution in [2.24, 2.45) is 11.1 Å². The molecule has 0 spiro atoms. The summed E-state index contributed by atoms with van der Waals surface area (Å²) in [6.45, 7) is 3.34. The summed E-state index contributed by atoms with van der Waals surface area (Å²) in [6, 6.07) is 1.89.